The van der Waals surface area contributed by atoms with Crippen molar-refractivity contribution >= 4 is 11.8 Å². The van der Waals surface area contributed by atoms with Crippen LogP contribution in [0.1, 0.15) is 20.3 Å². The summed E-state index contributed by atoms with van der Waals surface area (Å²) in [5.74, 6) is 1.22. The minimum absolute atomic E-state index is 0.572. The normalized spacial score (nSPS) is 13.4. The first-order valence-electron chi connectivity index (χ1n) is 4.48. The van der Waals surface area contributed by atoms with Crippen molar-refractivity contribution in [2.75, 3.05) is 25.6 Å². The lowest BCUT2D eigenvalue weighted by Gasteiger charge is -2.27. The molecule has 0 N–H and O–H groups in total. The van der Waals surface area contributed by atoms with Crippen LogP contribution < -0.4 is 0 Å². The van der Waals surface area contributed by atoms with E-state index in [0.717, 1.165) is 6.54 Å². The molecule has 0 heterocycles. The Labute approximate surface area is 81.2 Å². The second kappa shape index (κ2) is 6.55. The summed E-state index contributed by atoms with van der Waals surface area (Å²) in [6.07, 6.45) is 3.38. The minimum atomic E-state index is 0.572. The average molecular weight is 187 g/mol. The number of hydrogen-bond donors (Lipinski definition) is 0. The van der Waals surface area contributed by atoms with Crippen molar-refractivity contribution in [2.45, 2.75) is 26.3 Å². The summed E-state index contributed by atoms with van der Waals surface area (Å²) in [6.45, 7) is 9.44. The smallest absolute Gasteiger partial charge is 0.0306 e. The van der Waals surface area contributed by atoms with Crippen LogP contribution in [-0.4, -0.2) is 36.5 Å². The first-order chi connectivity index (χ1) is 5.63. The Bertz CT molecular complexity index is 134. The van der Waals surface area contributed by atoms with Gasteiger partial charge in [0.15, 0.2) is 0 Å². The van der Waals surface area contributed by atoms with Gasteiger partial charge >= 0.3 is 0 Å². The Morgan fingerprint density at radius 3 is 2.50 bits per heavy atom. The third-order valence-electron chi connectivity index (χ3n) is 2.20. The molecule has 0 aliphatic rings. The Kier molecular flexibility index (Phi) is 6.58. The van der Waals surface area contributed by atoms with Crippen LogP contribution in [0.25, 0.3) is 0 Å². The lowest BCUT2D eigenvalue weighted by molar-refractivity contribution is 0.281. The molecule has 0 rings (SSSR count). The molecule has 2 heteroatoms. The topological polar surface area (TPSA) is 3.24 Å². The number of likely N-dealkylation sites (N-methyl/N-ethyl adjacent to an activating group) is 1. The van der Waals surface area contributed by atoms with Crippen molar-refractivity contribution < 1.29 is 0 Å². The van der Waals surface area contributed by atoms with Crippen LogP contribution >= 0.6 is 11.8 Å². The zero-order valence-electron chi connectivity index (χ0n) is 8.76. The van der Waals surface area contributed by atoms with E-state index in [0.29, 0.717) is 6.04 Å². The van der Waals surface area contributed by atoms with Crippen LogP contribution in [0.5, 0.6) is 0 Å². The third kappa shape index (κ3) is 4.17. The van der Waals surface area contributed by atoms with E-state index in [2.05, 4.69) is 38.6 Å². The van der Waals surface area contributed by atoms with Crippen LogP contribution in [-0.2, 0) is 0 Å². The predicted octanol–water partition coefficient (Wildman–Crippen LogP) is 2.64. The maximum Gasteiger partial charge on any atom is 0.0306 e. The molecule has 0 aromatic rings. The molecule has 1 nitrogen and oxygen atoms in total. The number of thioether (sulfide) groups is 1. The van der Waals surface area contributed by atoms with E-state index in [4.69, 9.17) is 0 Å². The van der Waals surface area contributed by atoms with E-state index >= 15 is 0 Å². The first-order valence-corrected chi connectivity index (χ1v) is 5.87. The Morgan fingerprint density at radius 1 is 1.58 bits per heavy atom. The molecule has 0 unspecified atom stereocenters. The molecular weight excluding hydrogens is 166 g/mol. The van der Waals surface area contributed by atoms with Gasteiger partial charge in [-0.05, 0) is 38.9 Å². The highest BCUT2D eigenvalue weighted by molar-refractivity contribution is 7.98. The SMILES string of the molecule is C=C(C)[C@H](CCSC)N(C)CC. The van der Waals surface area contributed by atoms with Crippen molar-refractivity contribution in [2.24, 2.45) is 0 Å². The quantitative estimate of drug-likeness (QED) is 0.588. The highest BCUT2D eigenvalue weighted by Gasteiger charge is 2.12. The fourth-order valence-corrected chi connectivity index (χ4v) is 1.75. The zero-order valence-corrected chi connectivity index (χ0v) is 9.58. The second-order valence-electron chi connectivity index (χ2n) is 3.22. The monoisotopic (exact) mass is 187 g/mol. The van der Waals surface area contributed by atoms with Gasteiger partial charge in [-0.3, -0.25) is 4.90 Å². The summed E-state index contributed by atoms with van der Waals surface area (Å²) in [7, 11) is 2.17. The molecule has 12 heavy (non-hydrogen) atoms. The fourth-order valence-electron chi connectivity index (χ4n) is 1.29. The lowest BCUT2D eigenvalue weighted by Crippen LogP contribution is -2.32. The molecule has 72 valence electrons. The van der Waals surface area contributed by atoms with Crippen LogP contribution in [0, 0.1) is 0 Å². The van der Waals surface area contributed by atoms with Gasteiger partial charge in [0, 0.05) is 6.04 Å². The standard InChI is InChI=1S/C10H21NS/c1-6-11(4)10(9(2)3)7-8-12-5/h10H,2,6-8H2,1,3-5H3/t10-/m0/s1. The lowest BCUT2D eigenvalue weighted by atomic mass is 10.1. The van der Waals surface area contributed by atoms with Gasteiger partial charge in [0.2, 0.25) is 0 Å². The first kappa shape index (κ1) is 12.0. The summed E-state index contributed by atoms with van der Waals surface area (Å²) in [5, 5.41) is 0. The van der Waals surface area contributed by atoms with Crippen LogP contribution in [0.15, 0.2) is 12.2 Å². The highest BCUT2D eigenvalue weighted by atomic mass is 32.2. The molecule has 0 aliphatic heterocycles. The summed E-state index contributed by atoms with van der Waals surface area (Å²) in [5.41, 5.74) is 1.29. The molecule has 0 spiro atoms. The van der Waals surface area contributed by atoms with Gasteiger partial charge in [-0.2, -0.15) is 11.8 Å². The zero-order chi connectivity index (χ0) is 9.56. The highest BCUT2D eigenvalue weighted by Crippen LogP contribution is 2.13. The van der Waals surface area contributed by atoms with Gasteiger partial charge in [0.05, 0.1) is 0 Å². The molecule has 1 atom stereocenters. The fraction of sp³-hybridized carbons (Fsp3) is 0.800. The Morgan fingerprint density at radius 2 is 2.17 bits per heavy atom. The molecular formula is C10H21NS. The summed E-state index contributed by atoms with van der Waals surface area (Å²) in [6, 6.07) is 0.572. The molecule has 0 radical (unpaired) electrons. The Balaban J connectivity index is 3.94. The van der Waals surface area contributed by atoms with Crippen molar-refractivity contribution in [3.05, 3.63) is 12.2 Å². The molecule has 0 aliphatic carbocycles. The van der Waals surface area contributed by atoms with Crippen molar-refractivity contribution in [3.8, 4) is 0 Å². The second-order valence-corrected chi connectivity index (χ2v) is 4.20. The molecule has 0 amide bonds. The largest absolute Gasteiger partial charge is 0.300 e. The van der Waals surface area contributed by atoms with Crippen LogP contribution in [0.4, 0.5) is 0 Å². The molecule has 0 aromatic heterocycles. The van der Waals surface area contributed by atoms with E-state index in [1.165, 1.54) is 17.7 Å². The third-order valence-corrected chi connectivity index (χ3v) is 2.84. The van der Waals surface area contributed by atoms with Crippen molar-refractivity contribution in [1.82, 2.24) is 4.90 Å². The van der Waals surface area contributed by atoms with E-state index in [1.54, 1.807) is 0 Å². The predicted molar refractivity (Wildman–Crippen MR) is 59.9 cm³/mol. The van der Waals surface area contributed by atoms with Crippen LogP contribution in [0.3, 0.4) is 0 Å². The van der Waals surface area contributed by atoms with Gasteiger partial charge in [-0.1, -0.05) is 19.1 Å². The summed E-state index contributed by atoms with van der Waals surface area (Å²) < 4.78 is 0. The maximum atomic E-state index is 4.03. The summed E-state index contributed by atoms with van der Waals surface area (Å²) >= 11 is 1.91. The summed E-state index contributed by atoms with van der Waals surface area (Å²) in [4.78, 5) is 2.36. The van der Waals surface area contributed by atoms with E-state index in [-0.39, 0.29) is 0 Å². The maximum absolute atomic E-state index is 4.03. The van der Waals surface area contributed by atoms with E-state index in [9.17, 15) is 0 Å². The van der Waals surface area contributed by atoms with Crippen molar-refractivity contribution in [3.63, 3.8) is 0 Å². The van der Waals surface area contributed by atoms with E-state index < -0.39 is 0 Å². The number of hydrogen-bond acceptors (Lipinski definition) is 2. The van der Waals surface area contributed by atoms with Crippen LogP contribution in [0.2, 0.25) is 0 Å². The van der Waals surface area contributed by atoms with Gasteiger partial charge < -0.3 is 0 Å². The molecule has 0 bridgehead atoms. The minimum Gasteiger partial charge on any atom is -0.300 e. The molecule has 0 saturated heterocycles. The number of nitrogens with zero attached hydrogens (tertiary/aromatic N) is 1. The van der Waals surface area contributed by atoms with Gasteiger partial charge in [-0.25, -0.2) is 0 Å². The van der Waals surface area contributed by atoms with Gasteiger partial charge in [0.1, 0.15) is 0 Å². The van der Waals surface area contributed by atoms with Gasteiger partial charge in [-0.15, -0.1) is 0 Å². The number of rotatable bonds is 6. The average Bonchev–Trinajstić information content (AvgIpc) is 2.04. The molecule has 0 aromatic carbocycles. The molecule has 0 fully saturated rings. The van der Waals surface area contributed by atoms with Crippen molar-refractivity contribution in [1.29, 1.82) is 0 Å². The molecule has 0 saturated carbocycles. The van der Waals surface area contributed by atoms with E-state index in [1.807, 2.05) is 11.8 Å². The van der Waals surface area contributed by atoms with Gasteiger partial charge in [0.25, 0.3) is 0 Å². The Hall–Kier alpha value is 0.0500.